The van der Waals surface area contributed by atoms with Gasteiger partial charge in [0.1, 0.15) is 5.69 Å². The van der Waals surface area contributed by atoms with Crippen molar-refractivity contribution in [1.29, 1.82) is 0 Å². The van der Waals surface area contributed by atoms with Gasteiger partial charge >= 0.3 is 0 Å². The molecule has 0 spiro atoms. The molecule has 0 aliphatic carbocycles. The van der Waals surface area contributed by atoms with E-state index in [0.29, 0.717) is 5.69 Å². The number of terminal acetylenes is 1. The number of hydrogen-bond acceptors (Lipinski definition) is 7. The quantitative estimate of drug-likeness (QED) is 0.0243. The number of azide groups is 1. The third kappa shape index (κ3) is 18.6. The Morgan fingerprint density at radius 2 is 0.924 bits per heavy atom. The van der Waals surface area contributed by atoms with Crippen molar-refractivity contribution in [3.8, 4) is 51.8 Å². The van der Waals surface area contributed by atoms with Gasteiger partial charge in [-0.2, -0.15) is 0 Å². The van der Waals surface area contributed by atoms with Crippen LogP contribution in [0.3, 0.4) is 0 Å². The molecule has 0 aliphatic rings. The fraction of sp³-hybridized carbons (Fsp3) is 0.0312. The first-order valence-electron chi connectivity index (χ1n) is 23.5. The first-order chi connectivity index (χ1) is 37.6. The van der Waals surface area contributed by atoms with Crippen LogP contribution in [0.25, 0.3) is 49.9 Å². The monoisotopic (exact) mass is 1730 g/mol. The summed E-state index contributed by atoms with van der Waals surface area (Å²) in [6.07, 6.45) is 10.9. The summed E-state index contributed by atoms with van der Waals surface area (Å²) < 4.78 is 1.78. The molecule has 0 bridgehead atoms. The zero-order chi connectivity index (χ0) is 53.2. The zero-order valence-electron chi connectivity index (χ0n) is 41.7. The van der Waals surface area contributed by atoms with Crippen molar-refractivity contribution in [3.05, 3.63) is 289 Å². The van der Waals surface area contributed by atoms with Crippen molar-refractivity contribution in [2.75, 3.05) is 14.7 Å². The summed E-state index contributed by atoms with van der Waals surface area (Å²) in [5.74, 6) is 2.65. The van der Waals surface area contributed by atoms with Crippen LogP contribution in [0.5, 0.6) is 0 Å². The zero-order valence-corrected chi connectivity index (χ0v) is 52.9. The number of aromatic nitrogens is 5. The summed E-state index contributed by atoms with van der Waals surface area (Å²) in [5, 5.41) is 12.3. The standard InChI is InChI=1S/C31H22N5.C20H15N.C11H7N4.CH3I.CH4.I2.2Ir/c1-3-11-26(12-4-1)36(27-13-5-2-6-14-27)28-19-17-24(18-20-28)31-23-35(34-33-31)29-15-9-10-25(22-29)30-16-7-8-21-32-30;1-2-17-13-15-20(16-14-17)21(18-9-5-3-6-10-18)19-11-7-4-8-12-19;12-15-14-10-5-3-4-9(8-10)11-6-1-2-7-13-11;1-2;;1-2;;/h1-9,11-23H;1,3-16H;1-3,5-8H;1H3;1H4;;;/q-1;;-1;;;;;. The minimum Gasteiger partial charge on any atom is -0.311 e. The molecule has 0 fully saturated rings. The van der Waals surface area contributed by atoms with Crippen molar-refractivity contribution in [3.63, 3.8) is 0 Å². The summed E-state index contributed by atoms with van der Waals surface area (Å²) in [6.45, 7) is 0. The summed E-state index contributed by atoms with van der Waals surface area (Å²) in [4.78, 5) is 17.8. The average Bonchev–Trinajstić information content (AvgIpc) is 4.03. The molecule has 0 atom stereocenters. The maximum Gasteiger partial charge on any atom is 0.113 e. The van der Waals surface area contributed by atoms with Gasteiger partial charge < -0.3 is 19.8 Å². The van der Waals surface area contributed by atoms with Crippen molar-refractivity contribution < 1.29 is 40.2 Å². The maximum atomic E-state index is 8.31. The molecule has 10 nitrogen and oxygen atoms in total. The predicted molar refractivity (Wildman–Crippen MR) is 345 cm³/mol. The second kappa shape index (κ2) is 35.6. The van der Waals surface area contributed by atoms with Gasteiger partial charge in [-0.15, -0.1) is 71.2 Å². The third-order valence-corrected chi connectivity index (χ3v) is 11.1. The molecule has 0 aliphatic heterocycles. The van der Waals surface area contributed by atoms with Crippen LogP contribution in [0.1, 0.15) is 13.0 Å². The smallest absolute Gasteiger partial charge is 0.113 e. The first kappa shape index (κ1) is 64.7. The average molecular weight is 1730 g/mol. The van der Waals surface area contributed by atoms with E-state index in [1.54, 1.807) is 35.3 Å². The molecule has 3 heterocycles. The van der Waals surface area contributed by atoms with E-state index in [1.807, 2.05) is 126 Å². The Balaban J connectivity index is 0.000000267. The molecule has 398 valence electrons. The Kier molecular flexibility index (Phi) is 29.2. The van der Waals surface area contributed by atoms with Crippen LogP contribution >= 0.6 is 59.8 Å². The van der Waals surface area contributed by atoms with Crippen molar-refractivity contribution >= 4 is 99.6 Å². The van der Waals surface area contributed by atoms with Crippen molar-refractivity contribution in [2.45, 2.75) is 7.43 Å². The van der Waals surface area contributed by atoms with Gasteiger partial charge in [-0.3, -0.25) is 0 Å². The topological polar surface area (TPSA) is 112 Å². The maximum absolute atomic E-state index is 8.31. The van der Waals surface area contributed by atoms with E-state index in [1.165, 1.54) is 0 Å². The molecule has 0 saturated heterocycles. The van der Waals surface area contributed by atoms with Crippen LogP contribution in [-0.4, -0.2) is 29.9 Å². The molecule has 15 heteroatoms. The molecule has 0 N–H and O–H groups in total. The number of pyridine rings is 2. The molecular formula is C64H51I3Ir2N10-2. The fourth-order valence-electron chi connectivity index (χ4n) is 7.72. The summed E-state index contributed by atoms with van der Waals surface area (Å²) >= 11 is 6.39. The molecule has 11 rings (SSSR count). The number of benzene rings is 8. The number of alkyl halides is 1. The Hall–Kier alpha value is -6.84. The second-order valence-corrected chi connectivity index (χ2v) is 15.8. The van der Waals surface area contributed by atoms with Gasteiger partial charge in [0.15, 0.2) is 0 Å². The second-order valence-electron chi connectivity index (χ2n) is 15.8. The summed E-state index contributed by atoms with van der Waals surface area (Å²) in [5.41, 5.74) is 22.5. The van der Waals surface area contributed by atoms with Gasteiger partial charge in [-0.1, -0.05) is 155 Å². The Morgan fingerprint density at radius 1 is 0.519 bits per heavy atom. The summed E-state index contributed by atoms with van der Waals surface area (Å²) in [7, 11) is 0. The predicted octanol–water partition coefficient (Wildman–Crippen LogP) is 19.3. The molecule has 2 radical (unpaired) electrons. The van der Waals surface area contributed by atoms with Crippen LogP contribution < -0.4 is 9.80 Å². The van der Waals surface area contributed by atoms with E-state index < -0.39 is 0 Å². The minimum atomic E-state index is 0. The van der Waals surface area contributed by atoms with Crippen LogP contribution in [0.15, 0.2) is 266 Å². The number of hydrogen-bond donors (Lipinski definition) is 0. The van der Waals surface area contributed by atoms with E-state index in [9.17, 15) is 0 Å². The van der Waals surface area contributed by atoms with E-state index in [-0.39, 0.29) is 47.6 Å². The van der Waals surface area contributed by atoms with Gasteiger partial charge in [0, 0.05) is 140 Å². The molecule has 8 aromatic carbocycles. The summed E-state index contributed by atoms with van der Waals surface area (Å²) in [6, 6.07) is 86.6. The van der Waals surface area contributed by atoms with E-state index in [0.717, 1.165) is 79.1 Å². The van der Waals surface area contributed by atoms with E-state index in [2.05, 4.69) is 227 Å². The van der Waals surface area contributed by atoms with Gasteiger partial charge in [-0.25, -0.2) is 4.68 Å². The Morgan fingerprint density at radius 3 is 1.34 bits per heavy atom. The van der Waals surface area contributed by atoms with Gasteiger partial charge in [0.05, 0.1) is 6.20 Å². The SMILES string of the molecule is C.C#Cc1ccc(N(c2ccccc2)c2ccccc2)cc1.CI.II.[Ir].[Ir].[N-]=[N+]=Nc1cc[c-]c(-c2ccccn2)c1.[c-]1ccc(-n2cc(-c3ccc(N(c4ccccc4)c4ccccc4)cc3)nn2)cc1-c1ccccn1. The molecule has 0 amide bonds. The number of anilines is 6. The number of rotatable bonds is 11. The minimum absolute atomic E-state index is 0. The third-order valence-electron chi connectivity index (χ3n) is 11.1. The number of nitrogens with zero attached hydrogens (tertiary/aromatic N) is 10. The van der Waals surface area contributed by atoms with Crippen LogP contribution in [0.2, 0.25) is 0 Å². The largest absolute Gasteiger partial charge is 0.311 e. The van der Waals surface area contributed by atoms with Gasteiger partial charge in [-0.05, 0) is 130 Å². The normalized spacial score (nSPS) is 9.46. The molecule has 11 aromatic rings. The molecule has 0 unspecified atom stereocenters. The molecule has 0 saturated carbocycles. The van der Waals surface area contributed by atoms with Crippen LogP contribution in [0.4, 0.5) is 39.8 Å². The molecule has 79 heavy (non-hydrogen) atoms. The van der Waals surface area contributed by atoms with Gasteiger partial charge in [0.25, 0.3) is 0 Å². The fourth-order valence-corrected chi connectivity index (χ4v) is 7.72. The Labute approximate surface area is 527 Å². The number of para-hydroxylation sites is 4. The molecule has 3 aromatic heterocycles. The number of halogens is 3. The van der Waals surface area contributed by atoms with Crippen LogP contribution in [0, 0.1) is 24.5 Å². The Bertz CT molecular complexity index is 3460. The van der Waals surface area contributed by atoms with Crippen molar-refractivity contribution in [1.82, 2.24) is 25.0 Å². The molecular weight excluding hydrogens is 1670 g/mol. The van der Waals surface area contributed by atoms with Crippen molar-refractivity contribution in [2.24, 2.45) is 5.11 Å². The first-order valence-corrected chi connectivity index (χ1v) is 31.9. The van der Waals surface area contributed by atoms with E-state index in [4.69, 9.17) is 12.0 Å². The van der Waals surface area contributed by atoms with Gasteiger partial charge in [0.2, 0.25) is 0 Å². The van der Waals surface area contributed by atoms with Crippen LogP contribution in [-0.2, 0) is 40.2 Å². The van der Waals surface area contributed by atoms with E-state index >= 15 is 0 Å².